The summed E-state index contributed by atoms with van der Waals surface area (Å²) in [5.74, 6) is 0.230. The summed E-state index contributed by atoms with van der Waals surface area (Å²) in [6, 6.07) is 15.7. The third kappa shape index (κ3) is 3.67. The van der Waals surface area contributed by atoms with Crippen LogP contribution in [-0.4, -0.2) is 21.7 Å². The van der Waals surface area contributed by atoms with E-state index in [4.69, 9.17) is 15.2 Å². The smallest absolute Gasteiger partial charge is 0.269 e. The van der Waals surface area contributed by atoms with Gasteiger partial charge in [0.1, 0.15) is 17.4 Å². The van der Waals surface area contributed by atoms with Gasteiger partial charge in [0.15, 0.2) is 0 Å². The molecule has 2 heterocycles. The molecule has 156 valence electrons. The van der Waals surface area contributed by atoms with Gasteiger partial charge < -0.3 is 15.2 Å². The van der Waals surface area contributed by atoms with Crippen LogP contribution in [0.2, 0.25) is 0 Å². The summed E-state index contributed by atoms with van der Waals surface area (Å²) in [5, 5.41) is 28.2. The number of aromatic amines is 1. The lowest BCUT2D eigenvalue weighted by atomic mass is 9.83. The Kier molecular flexibility index (Phi) is 5.28. The normalized spacial score (nSPS) is 15.0. The summed E-state index contributed by atoms with van der Waals surface area (Å²) < 4.78 is 11.2. The van der Waals surface area contributed by atoms with E-state index in [1.807, 2.05) is 31.2 Å². The molecule has 31 heavy (non-hydrogen) atoms. The number of fused-ring (bicyclic) bond motifs is 1. The van der Waals surface area contributed by atoms with Crippen LogP contribution in [0.1, 0.15) is 30.4 Å². The third-order valence-corrected chi connectivity index (χ3v) is 4.97. The van der Waals surface area contributed by atoms with Gasteiger partial charge in [0, 0.05) is 17.7 Å². The van der Waals surface area contributed by atoms with Crippen molar-refractivity contribution in [3.63, 3.8) is 0 Å². The summed E-state index contributed by atoms with van der Waals surface area (Å²) in [7, 11) is 0. The van der Waals surface area contributed by atoms with Gasteiger partial charge in [-0.25, -0.2) is 0 Å². The van der Waals surface area contributed by atoms with Crippen molar-refractivity contribution >= 4 is 5.69 Å². The number of nitriles is 1. The number of ether oxygens (including phenoxy) is 2. The van der Waals surface area contributed by atoms with E-state index in [9.17, 15) is 15.4 Å². The average Bonchev–Trinajstić information content (AvgIpc) is 3.20. The molecule has 0 aliphatic carbocycles. The summed E-state index contributed by atoms with van der Waals surface area (Å²) in [6.07, 6.45) is 0.905. The minimum atomic E-state index is -0.668. The van der Waals surface area contributed by atoms with Gasteiger partial charge in [-0.05, 0) is 36.2 Å². The number of non-ortho nitro benzene ring substituents is 1. The van der Waals surface area contributed by atoms with Crippen molar-refractivity contribution in [2.75, 3.05) is 6.61 Å². The van der Waals surface area contributed by atoms with Crippen molar-refractivity contribution in [1.29, 1.82) is 5.26 Å². The first kappa shape index (κ1) is 20.0. The number of nitrogens with two attached hydrogens (primary N) is 1. The molecule has 0 bridgehead atoms. The fourth-order valence-corrected chi connectivity index (χ4v) is 3.55. The number of allylic oxidation sites excluding steroid dienone is 1. The highest BCUT2D eigenvalue weighted by molar-refractivity contribution is 5.71. The second-order valence-electron chi connectivity index (χ2n) is 6.97. The Morgan fingerprint density at radius 1 is 1.32 bits per heavy atom. The minimum Gasteiger partial charge on any atom is -0.494 e. The number of hydrogen-bond donors (Lipinski definition) is 2. The SMILES string of the molecule is CCCOc1ccc(-c2[nH]nc3c2[C@H](c2cccc([N+](=O)[O-])c2)C(C#N)=C(N)O3)cc1. The fourth-order valence-electron chi connectivity index (χ4n) is 3.55. The lowest BCUT2D eigenvalue weighted by molar-refractivity contribution is -0.384. The monoisotopic (exact) mass is 417 g/mol. The van der Waals surface area contributed by atoms with Crippen LogP contribution in [0.25, 0.3) is 11.3 Å². The summed E-state index contributed by atoms with van der Waals surface area (Å²) in [4.78, 5) is 10.8. The zero-order valence-corrected chi connectivity index (χ0v) is 16.7. The molecule has 0 saturated heterocycles. The molecule has 0 radical (unpaired) electrons. The van der Waals surface area contributed by atoms with Gasteiger partial charge in [-0.2, -0.15) is 5.26 Å². The lowest BCUT2D eigenvalue weighted by Gasteiger charge is -2.24. The van der Waals surface area contributed by atoms with Crippen LogP contribution in [0.15, 0.2) is 60.0 Å². The van der Waals surface area contributed by atoms with Gasteiger partial charge in [-0.15, -0.1) is 5.10 Å². The Hall–Kier alpha value is -4.32. The number of hydrogen-bond acceptors (Lipinski definition) is 7. The van der Waals surface area contributed by atoms with Crippen LogP contribution in [0.3, 0.4) is 0 Å². The molecule has 3 aromatic rings. The van der Waals surface area contributed by atoms with Crippen molar-refractivity contribution in [3.8, 4) is 29.0 Å². The van der Waals surface area contributed by atoms with Crippen LogP contribution in [-0.2, 0) is 0 Å². The Morgan fingerprint density at radius 2 is 2.10 bits per heavy atom. The quantitative estimate of drug-likeness (QED) is 0.456. The molecule has 0 amide bonds. The molecule has 0 saturated carbocycles. The van der Waals surface area contributed by atoms with Gasteiger partial charge in [-0.3, -0.25) is 15.2 Å². The molecule has 1 atom stereocenters. The second-order valence-corrected chi connectivity index (χ2v) is 6.97. The van der Waals surface area contributed by atoms with Gasteiger partial charge in [0.25, 0.3) is 5.69 Å². The first-order valence-corrected chi connectivity index (χ1v) is 9.67. The van der Waals surface area contributed by atoms with E-state index >= 15 is 0 Å². The topological polar surface area (TPSA) is 140 Å². The Bertz CT molecular complexity index is 1210. The minimum absolute atomic E-state index is 0.0760. The maximum absolute atomic E-state index is 11.3. The highest BCUT2D eigenvalue weighted by Crippen LogP contribution is 2.46. The molecule has 9 nitrogen and oxygen atoms in total. The number of nitro groups is 1. The molecule has 9 heteroatoms. The molecule has 1 aromatic heterocycles. The van der Waals surface area contributed by atoms with Crippen LogP contribution in [0.5, 0.6) is 11.6 Å². The number of H-pyrrole nitrogens is 1. The molecule has 4 rings (SSSR count). The number of nitrogens with one attached hydrogen (secondary N) is 1. The molecular weight excluding hydrogens is 398 g/mol. The summed E-state index contributed by atoms with van der Waals surface area (Å²) in [5.41, 5.74) is 8.63. The van der Waals surface area contributed by atoms with Crippen molar-refractivity contribution in [2.24, 2.45) is 5.73 Å². The second kappa shape index (κ2) is 8.20. The van der Waals surface area contributed by atoms with E-state index in [0.29, 0.717) is 23.4 Å². The molecular formula is C22H19N5O4. The lowest BCUT2D eigenvalue weighted by Crippen LogP contribution is -2.21. The van der Waals surface area contributed by atoms with Crippen LogP contribution < -0.4 is 15.2 Å². The predicted octanol–water partition coefficient (Wildman–Crippen LogP) is 3.99. The van der Waals surface area contributed by atoms with Gasteiger partial charge in [0.2, 0.25) is 11.8 Å². The molecule has 3 N–H and O–H groups in total. The van der Waals surface area contributed by atoms with Crippen LogP contribution >= 0.6 is 0 Å². The summed E-state index contributed by atoms with van der Waals surface area (Å²) >= 11 is 0. The third-order valence-electron chi connectivity index (χ3n) is 4.97. The highest BCUT2D eigenvalue weighted by atomic mass is 16.6. The first-order chi connectivity index (χ1) is 15.0. The molecule has 0 unspecified atom stereocenters. The average molecular weight is 417 g/mol. The number of aromatic nitrogens is 2. The van der Waals surface area contributed by atoms with Crippen LogP contribution in [0, 0.1) is 21.4 Å². The number of rotatable bonds is 6. The van der Waals surface area contributed by atoms with Gasteiger partial charge in [-0.1, -0.05) is 19.1 Å². The predicted molar refractivity (Wildman–Crippen MR) is 112 cm³/mol. The van der Waals surface area contributed by atoms with E-state index in [1.54, 1.807) is 12.1 Å². The van der Waals surface area contributed by atoms with Crippen LogP contribution in [0.4, 0.5) is 5.69 Å². The fraction of sp³-hybridized carbons (Fsp3) is 0.182. The molecule has 1 aliphatic heterocycles. The van der Waals surface area contributed by atoms with E-state index in [2.05, 4.69) is 16.3 Å². The Morgan fingerprint density at radius 3 is 2.77 bits per heavy atom. The van der Waals surface area contributed by atoms with Gasteiger partial charge in [0.05, 0.1) is 28.7 Å². The Labute approximate surface area is 177 Å². The van der Waals surface area contributed by atoms with Crippen molar-refractivity contribution in [3.05, 3.63) is 81.2 Å². The molecule has 1 aliphatic rings. The number of nitro benzene ring substituents is 1. The summed E-state index contributed by atoms with van der Waals surface area (Å²) in [6.45, 7) is 2.66. The maximum atomic E-state index is 11.3. The largest absolute Gasteiger partial charge is 0.494 e. The van der Waals surface area contributed by atoms with E-state index in [1.165, 1.54) is 12.1 Å². The maximum Gasteiger partial charge on any atom is 0.269 e. The van der Waals surface area contributed by atoms with E-state index < -0.39 is 10.8 Å². The highest BCUT2D eigenvalue weighted by Gasteiger charge is 2.36. The number of nitrogens with zero attached hydrogens (tertiary/aromatic N) is 3. The standard InChI is InChI=1S/C22H19N5O4/c1-2-10-30-16-8-6-13(7-9-16)20-19-18(14-4-3-5-15(11-14)27(28)29)17(12-23)21(24)31-22(19)26-25-20/h3-9,11,18H,2,10,24H2,1H3,(H,25,26)/t18-/m1/s1. The zero-order chi connectivity index (χ0) is 22.0. The zero-order valence-electron chi connectivity index (χ0n) is 16.7. The van der Waals surface area contributed by atoms with E-state index in [-0.39, 0.29) is 23.0 Å². The van der Waals surface area contributed by atoms with Gasteiger partial charge >= 0.3 is 0 Å². The molecule has 2 aromatic carbocycles. The van der Waals surface area contributed by atoms with E-state index in [0.717, 1.165) is 17.7 Å². The van der Waals surface area contributed by atoms with Crippen molar-refractivity contribution in [2.45, 2.75) is 19.3 Å². The first-order valence-electron chi connectivity index (χ1n) is 9.67. The van der Waals surface area contributed by atoms with Crippen molar-refractivity contribution in [1.82, 2.24) is 10.2 Å². The molecule has 0 spiro atoms. The molecule has 0 fully saturated rings. The number of benzene rings is 2. The Balaban J connectivity index is 1.83. The van der Waals surface area contributed by atoms with Crippen molar-refractivity contribution < 1.29 is 14.4 Å².